The van der Waals surface area contributed by atoms with E-state index in [-0.39, 0.29) is 11.2 Å². The van der Waals surface area contributed by atoms with Crippen molar-refractivity contribution in [1.29, 1.82) is 0 Å². The summed E-state index contributed by atoms with van der Waals surface area (Å²) in [6, 6.07) is 18.2. The molecule has 0 radical (unpaired) electrons. The summed E-state index contributed by atoms with van der Waals surface area (Å²) >= 11 is 1.35. The van der Waals surface area contributed by atoms with Gasteiger partial charge in [0.25, 0.3) is 0 Å². The van der Waals surface area contributed by atoms with Gasteiger partial charge in [-0.05, 0) is 48.4 Å². The Hall–Kier alpha value is -2.67. The van der Waals surface area contributed by atoms with Crippen molar-refractivity contribution in [2.75, 3.05) is 6.54 Å². The number of rotatable bonds is 8. The van der Waals surface area contributed by atoms with Crippen LogP contribution >= 0.6 is 11.8 Å². The molecule has 0 aliphatic heterocycles. The van der Waals surface area contributed by atoms with Gasteiger partial charge in [-0.25, -0.2) is 0 Å². The summed E-state index contributed by atoms with van der Waals surface area (Å²) in [5.41, 5.74) is 3.29. The molecule has 2 aromatic carbocycles. The van der Waals surface area contributed by atoms with Crippen LogP contribution in [0.3, 0.4) is 0 Å². The SMILES string of the molecule is CC[C@@H](CNC(=O)[C@@H](C)Sc1nnnn1-c1ccc(C)cc1)c1ccccc1. The Balaban J connectivity index is 1.60. The molecule has 3 rings (SSSR count). The maximum absolute atomic E-state index is 12.6. The van der Waals surface area contributed by atoms with E-state index < -0.39 is 0 Å². The lowest BCUT2D eigenvalue weighted by Crippen LogP contribution is -2.34. The van der Waals surface area contributed by atoms with E-state index in [1.54, 1.807) is 4.68 Å². The van der Waals surface area contributed by atoms with Crippen molar-refractivity contribution in [2.24, 2.45) is 0 Å². The number of benzene rings is 2. The second-order valence-corrected chi connectivity index (χ2v) is 8.04. The van der Waals surface area contributed by atoms with Gasteiger partial charge in [0.1, 0.15) is 0 Å². The summed E-state index contributed by atoms with van der Waals surface area (Å²) in [5.74, 6) is 0.290. The molecule has 0 saturated carbocycles. The summed E-state index contributed by atoms with van der Waals surface area (Å²) in [6.07, 6.45) is 0.970. The average Bonchev–Trinajstić information content (AvgIpc) is 3.17. The van der Waals surface area contributed by atoms with Crippen molar-refractivity contribution in [2.45, 2.75) is 43.5 Å². The van der Waals surface area contributed by atoms with E-state index in [0.29, 0.717) is 17.6 Å². The minimum atomic E-state index is -0.302. The summed E-state index contributed by atoms with van der Waals surface area (Å²) in [7, 11) is 0. The molecule has 0 saturated heterocycles. The molecule has 28 heavy (non-hydrogen) atoms. The van der Waals surface area contributed by atoms with Crippen LogP contribution in [0, 0.1) is 6.92 Å². The van der Waals surface area contributed by atoms with Crippen molar-refractivity contribution in [1.82, 2.24) is 25.5 Å². The zero-order valence-corrected chi connectivity index (χ0v) is 17.2. The Bertz CT molecular complexity index is 895. The molecule has 1 N–H and O–H groups in total. The van der Waals surface area contributed by atoms with Gasteiger partial charge >= 0.3 is 0 Å². The number of aromatic nitrogens is 4. The molecule has 2 atom stereocenters. The quantitative estimate of drug-likeness (QED) is 0.588. The molecule has 0 bridgehead atoms. The molecule has 0 aliphatic rings. The normalized spacial score (nSPS) is 13.1. The zero-order valence-electron chi connectivity index (χ0n) is 16.4. The molecule has 1 aromatic heterocycles. The number of hydrogen-bond donors (Lipinski definition) is 1. The first-order chi connectivity index (χ1) is 13.6. The number of thioether (sulfide) groups is 1. The van der Waals surface area contributed by atoms with Crippen LogP contribution in [0.4, 0.5) is 0 Å². The Morgan fingerprint density at radius 2 is 1.86 bits per heavy atom. The number of tetrazole rings is 1. The van der Waals surface area contributed by atoms with Gasteiger partial charge in [0, 0.05) is 12.5 Å². The lowest BCUT2D eigenvalue weighted by molar-refractivity contribution is -0.120. The van der Waals surface area contributed by atoms with E-state index in [9.17, 15) is 4.79 Å². The highest BCUT2D eigenvalue weighted by Crippen LogP contribution is 2.24. The van der Waals surface area contributed by atoms with E-state index >= 15 is 0 Å². The Morgan fingerprint density at radius 3 is 2.54 bits per heavy atom. The van der Waals surface area contributed by atoms with Gasteiger partial charge in [-0.15, -0.1) is 5.10 Å². The summed E-state index contributed by atoms with van der Waals surface area (Å²) in [6.45, 7) is 6.66. The summed E-state index contributed by atoms with van der Waals surface area (Å²) in [5, 5.41) is 15.3. The van der Waals surface area contributed by atoms with Gasteiger partial charge in [0.05, 0.1) is 10.9 Å². The first-order valence-electron chi connectivity index (χ1n) is 9.43. The van der Waals surface area contributed by atoms with E-state index in [4.69, 9.17) is 0 Å². The fourth-order valence-corrected chi connectivity index (χ4v) is 3.73. The molecule has 0 spiro atoms. The number of carbonyl (C=O) groups is 1. The van der Waals surface area contributed by atoms with Crippen molar-refractivity contribution in [3.8, 4) is 5.69 Å². The fourth-order valence-electron chi connectivity index (χ4n) is 2.90. The monoisotopic (exact) mass is 395 g/mol. The third-order valence-electron chi connectivity index (χ3n) is 4.66. The molecule has 0 fully saturated rings. The fraction of sp³-hybridized carbons (Fsp3) is 0.333. The van der Waals surface area contributed by atoms with Crippen LogP contribution < -0.4 is 5.32 Å². The van der Waals surface area contributed by atoms with E-state index in [0.717, 1.165) is 12.1 Å². The highest BCUT2D eigenvalue weighted by atomic mass is 32.2. The highest BCUT2D eigenvalue weighted by Gasteiger charge is 2.20. The van der Waals surface area contributed by atoms with Crippen LogP contribution in [-0.2, 0) is 4.79 Å². The Kier molecular flexibility index (Phi) is 6.81. The molecule has 6 nitrogen and oxygen atoms in total. The van der Waals surface area contributed by atoms with Gasteiger partial charge in [0.2, 0.25) is 11.1 Å². The molecule has 0 unspecified atom stereocenters. The number of nitrogens with one attached hydrogen (secondary N) is 1. The molecule has 1 amide bonds. The van der Waals surface area contributed by atoms with Crippen LogP contribution in [0.2, 0.25) is 0 Å². The Labute approximate surface area is 169 Å². The molecule has 146 valence electrons. The van der Waals surface area contributed by atoms with Crippen LogP contribution in [0.5, 0.6) is 0 Å². The van der Waals surface area contributed by atoms with E-state index in [1.165, 1.54) is 22.9 Å². The molecular weight excluding hydrogens is 370 g/mol. The maximum atomic E-state index is 12.6. The smallest absolute Gasteiger partial charge is 0.233 e. The van der Waals surface area contributed by atoms with Crippen LogP contribution in [0.25, 0.3) is 5.69 Å². The summed E-state index contributed by atoms with van der Waals surface area (Å²) < 4.78 is 1.66. The Morgan fingerprint density at radius 1 is 1.14 bits per heavy atom. The molecular formula is C21H25N5OS. The molecule has 3 aromatic rings. The number of nitrogens with zero attached hydrogens (tertiary/aromatic N) is 4. The minimum Gasteiger partial charge on any atom is -0.355 e. The maximum Gasteiger partial charge on any atom is 0.233 e. The number of carbonyl (C=O) groups excluding carboxylic acids is 1. The molecule has 7 heteroatoms. The predicted molar refractivity (Wildman–Crippen MR) is 112 cm³/mol. The lowest BCUT2D eigenvalue weighted by Gasteiger charge is -2.18. The van der Waals surface area contributed by atoms with Crippen LogP contribution in [0.1, 0.15) is 37.3 Å². The van der Waals surface area contributed by atoms with Crippen molar-refractivity contribution >= 4 is 17.7 Å². The first-order valence-corrected chi connectivity index (χ1v) is 10.3. The third kappa shape index (κ3) is 4.98. The van der Waals surface area contributed by atoms with Gasteiger partial charge in [-0.2, -0.15) is 4.68 Å². The lowest BCUT2D eigenvalue weighted by atomic mass is 9.96. The van der Waals surface area contributed by atoms with E-state index in [2.05, 4.69) is 39.9 Å². The van der Waals surface area contributed by atoms with Gasteiger partial charge in [-0.3, -0.25) is 4.79 Å². The van der Waals surface area contributed by atoms with Gasteiger partial charge in [-0.1, -0.05) is 66.7 Å². The first kappa shape index (κ1) is 20.1. The number of aryl methyl sites for hydroxylation is 1. The van der Waals surface area contributed by atoms with Crippen LogP contribution in [-0.4, -0.2) is 37.9 Å². The van der Waals surface area contributed by atoms with Crippen molar-refractivity contribution in [3.05, 3.63) is 65.7 Å². The summed E-state index contributed by atoms with van der Waals surface area (Å²) in [4.78, 5) is 12.6. The van der Waals surface area contributed by atoms with Gasteiger partial charge < -0.3 is 5.32 Å². The van der Waals surface area contributed by atoms with Gasteiger partial charge in [0.15, 0.2) is 0 Å². The topological polar surface area (TPSA) is 72.7 Å². The zero-order chi connectivity index (χ0) is 19.9. The van der Waals surface area contributed by atoms with Crippen molar-refractivity contribution < 1.29 is 4.79 Å². The molecule has 0 aliphatic carbocycles. The molecule has 1 heterocycles. The predicted octanol–water partition coefficient (Wildman–Crippen LogP) is 3.76. The number of hydrogen-bond acceptors (Lipinski definition) is 5. The van der Waals surface area contributed by atoms with Crippen LogP contribution in [0.15, 0.2) is 59.8 Å². The standard InChI is InChI=1S/C21H25N5OS/c1-4-17(18-8-6-5-7-9-18)14-22-20(27)16(3)28-21-23-24-25-26(21)19-12-10-15(2)11-13-19/h5-13,16-17H,4,14H2,1-3H3,(H,22,27)/t16-,17+/m1/s1. The minimum absolute atomic E-state index is 0.0159. The third-order valence-corrected chi connectivity index (χ3v) is 5.69. The van der Waals surface area contributed by atoms with Crippen molar-refractivity contribution in [3.63, 3.8) is 0 Å². The average molecular weight is 396 g/mol. The highest BCUT2D eigenvalue weighted by molar-refractivity contribution is 8.00. The number of amides is 1. The largest absolute Gasteiger partial charge is 0.355 e. The second-order valence-electron chi connectivity index (χ2n) is 6.73. The van der Waals surface area contributed by atoms with E-state index in [1.807, 2.05) is 56.3 Å². The second kappa shape index (κ2) is 9.50.